The van der Waals surface area contributed by atoms with Crippen molar-refractivity contribution in [2.24, 2.45) is 0 Å². The molecule has 1 heterocycles. The summed E-state index contributed by atoms with van der Waals surface area (Å²) < 4.78 is 6.75. The van der Waals surface area contributed by atoms with E-state index in [1.807, 2.05) is 36.4 Å². The van der Waals surface area contributed by atoms with Gasteiger partial charge in [0.2, 0.25) is 0 Å². The summed E-state index contributed by atoms with van der Waals surface area (Å²) in [6.45, 7) is 0.431. The van der Waals surface area contributed by atoms with Crippen molar-refractivity contribution in [2.45, 2.75) is 6.61 Å². The van der Waals surface area contributed by atoms with E-state index in [-0.39, 0.29) is 0 Å². The van der Waals surface area contributed by atoms with Crippen molar-refractivity contribution in [3.63, 3.8) is 0 Å². The van der Waals surface area contributed by atoms with E-state index < -0.39 is 0 Å². The zero-order valence-corrected chi connectivity index (χ0v) is 11.3. The van der Waals surface area contributed by atoms with Gasteiger partial charge >= 0.3 is 0 Å². The number of rotatable bonds is 3. The van der Waals surface area contributed by atoms with Crippen LogP contribution in [-0.2, 0) is 6.61 Å². The molecule has 2 aromatic rings. The molecule has 0 bridgehead atoms. The summed E-state index contributed by atoms with van der Waals surface area (Å²) in [7, 11) is 0. The Morgan fingerprint density at radius 2 is 2.00 bits per heavy atom. The third-order valence-electron chi connectivity index (χ3n) is 1.96. The van der Waals surface area contributed by atoms with E-state index in [9.17, 15) is 0 Å². The molecule has 0 aliphatic heterocycles. The normalized spacial score (nSPS) is 10.1. The molecule has 0 fully saturated rings. The quantitative estimate of drug-likeness (QED) is 0.621. The summed E-state index contributed by atoms with van der Waals surface area (Å²) in [5, 5.41) is 0.490. The molecule has 4 heteroatoms. The monoisotopic (exact) mass is 345 g/mol. The van der Waals surface area contributed by atoms with Gasteiger partial charge in [0.1, 0.15) is 17.5 Å². The Bertz CT molecular complexity index is 444. The minimum atomic E-state index is 0.431. The lowest BCUT2D eigenvalue weighted by molar-refractivity contribution is 0.301. The molecule has 1 aromatic heterocycles. The van der Waals surface area contributed by atoms with Gasteiger partial charge in [-0.1, -0.05) is 23.7 Å². The van der Waals surface area contributed by atoms with Crippen LogP contribution in [0.1, 0.15) is 5.69 Å². The first-order chi connectivity index (χ1) is 7.74. The van der Waals surface area contributed by atoms with Crippen LogP contribution in [0.15, 0.2) is 42.5 Å². The van der Waals surface area contributed by atoms with Gasteiger partial charge in [0.15, 0.2) is 0 Å². The number of hydrogen-bond donors (Lipinski definition) is 0. The number of hydrogen-bond acceptors (Lipinski definition) is 2. The largest absolute Gasteiger partial charge is 0.487 e. The van der Waals surface area contributed by atoms with Crippen LogP contribution in [0.5, 0.6) is 5.75 Å². The van der Waals surface area contributed by atoms with Gasteiger partial charge < -0.3 is 4.74 Å². The Balaban J connectivity index is 2.02. The minimum absolute atomic E-state index is 0.431. The smallest absolute Gasteiger partial charge is 0.130 e. The molecule has 0 saturated heterocycles. The van der Waals surface area contributed by atoms with Crippen molar-refractivity contribution >= 4 is 34.2 Å². The number of halogens is 2. The summed E-state index contributed by atoms with van der Waals surface area (Å²) in [5.74, 6) is 0.841. The lowest BCUT2D eigenvalue weighted by Gasteiger charge is -2.05. The molecule has 0 amide bonds. The van der Waals surface area contributed by atoms with Crippen LogP contribution >= 0.6 is 34.2 Å². The van der Waals surface area contributed by atoms with Crippen molar-refractivity contribution in [1.82, 2.24) is 4.98 Å². The first kappa shape index (κ1) is 11.7. The van der Waals surface area contributed by atoms with E-state index >= 15 is 0 Å². The van der Waals surface area contributed by atoms with Gasteiger partial charge in [0.05, 0.1) is 5.69 Å². The van der Waals surface area contributed by atoms with Crippen molar-refractivity contribution in [3.8, 4) is 5.75 Å². The van der Waals surface area contributed by atoms with Gasteiger partial charge in [-0.3, -0.25) is 0 Å². The topological polar surface area (TPSA) is 22.1 Å². The number of benzene rings is 1. The highest BCUT2D eigenvalue weighted by Crippen LogP contribution is 2.16. The maximum Gasteiger partial charge on any atom is 0.130 e. The highest BCUT2D eigenvalue weighted by atomic mass is 127. The molecule has 0 aliphatic rings. The predicted molar refractivity (Wildman–Crippen MR) is 72.7 cm³/mol. The summed E-state index contributed by atoms with van der Waals surface area (Å²) in [5.41, 5.74) is 0.825. The van der Waals surface area contributed by atoms with E-state index in [0.717, 1.165) is 15.0 Å². The first-order valence-electron chi connectivity index (χ1n) is 4.74. The molecule has 1 aromatic carbocycles. The van der Waals surface area contributed by atoms with Crippen molar-refractivity contribution in [1.29, 1.82) is 0 Å². The van der Waals surface area contributed by atoms with Crippen LogP contribution in [0.4, 0.5) is 0 Å². The van der Waals surface area contributed by atoms with E-state index in [2.05, 4.69) is 27.6 Å². The molecule has 0 atom stereocenters. The molecule has 0 aliphatic carbocycles. The SMILES string of the molecule is Clc1cccc(COc2cccc(I)c2)n1. The molecular weight excluding hydrogens is 336 g/mol. The predicted octanol–water partition coefficient (Wildman–Crippen LogP) is 3.92. The zero-order chi connectivity index (χ0) is 11.4. The number of nitrogens with zero attached hydrogens (tertiary/aromatic N) is 1. The standard InChI is InChI=1S/C12H9ClINO/c13-12-6-2-4-10(15-12)8-16-11-5-1-3-9(14)7-11/h1-7H,8H2. The van der Waals surface area contributed by atoms with Gasteiger partial charge in [-0.2, -0.15) is 0 Å². The average Bonchev–Trinajstić information content (AvgIpc) is 2.27. The third-order valence-corrected chi connectivity index (χ3v) is 2.84. The Morgan fingerprint density at radius 3 is 2.75 bits per heavy atom. The number of aromatic nitrogens is 1. The highest BCUT2D eigenvalue weighted by molar-refractivity contribution is 14.1. The van der Waals surface area contributed by atoms with E-state index in [4.69, 9.17) is 16.3 Å². The average molecular weight is 346 g/mol. The van der Waals surface area contributed by atoms with Crippen LogP contribution in [0.2, 0.25) is 5.15 Å². The second-order valence-electron chi connectivity index (χ2n) is 3.20. The van der Waals surface area contributed by atoms with Gasteiger partial charge in [-0.25, -0.2) is 4.98 Å². The summed E-state index contributed by atoms with van der Waals surface area (Å²) in [6.07, 6.45) is 0. The highest BCUT2D eigenvalue weighted by Gasteiger charge is 1.98. The Hall–Kier alpha value is -0.810. The van der Waals surface area contributed by atoms with Gasteiger partial charge in [-0.15, -0.1) is 0 Å². The Morgan fingerprint density at radius 1 is 1.19 bits per heavy atom. The van der Waals surface area contributed by atoms with E-state index in [0.29, 0.717) is 11.8 Å². The fourth-order valence-electron chi connectivity index (χ4n) is 1.24. The fourth-order valence-corrected chi connectivity index (χ4v) is 1.94. The van der Waals surface area contributed by atoms with E-state index in [1.165, 1.54) is 0 Å². The lowest BCUT2D eigenvalue weighted by Crippen LogP contribution is -1.98. The molecule has 82 valence electrons. The zero-order valence-electron chi connectivity index (χ0n) is 8.36. The van der Waals surface area contributed by atoms with Crippen molar-refractivity contribution in [3.05, 3.63) is 56.9 Å². The molecule has 0 N–H and O–H groups in total. The summed E-state index contributed by atoms with van der Waals surface area (Å²) in [4.78, 5) is 4.15. The van der Waals surface area contributed by atoms with E-state index in [1.54, 1.807) is 6.07 Å². The summed E-state index contributed by atoms with van der Waals surface area (Å²) in [6, 6.07) is 13.4. The molecule has 0 spiro atoms. The number of pyridine rings is 1. The van der Waals surface area contributed by atoms with Crippen LogP contribution in [0, 0.1) is 3.57 Å². The first-order valence-corrected chi connectivity index (χ1v) is 6.19. The van der Waals surface area contributed by atoms with Crippen LogP contribution in [0.25, 0.3) is 0 Å². The van der Waals surface area contributed by atoms with Gasteiger partial charge in [0, 0.05) is 3.57 Å². The molecule has 2 nitrogen and oxygen atoms in total. The van der Waals surface area contributed by atoms with Crippen molar-refractivity contribution < 1.29 is 4.74 Å². The Kier molecular flexibility index (Phi) is 4.01. The lowest BCUT2D eigenvalue weighted by atomic mass is 10.3. The maximum atomic E-state index is 5.78. The summed E-state index contributed by atoms with van der Waals surface area (Å²) >= 11 is 8.03. The van der Waals surface area contributed by atoms with Gasteiger partial charge in [0.25, 0.3) is 0 Å². The molecular formula is C12H9ClINO. The molecule has 0 saturated carbocycles. The molecule has 0 unspecified atom stereocenters. The number of ether oxygens (including phenoxy) is 1. The second kappa shape index (κ2) is 5.50. The molecule has 16 heavy (non-hydrogen) atoms. The van der Waals surface area contributed by atoms with Crippen molar-refractivity contribution in [2.75, 3.05) is 0 Å². The van der Waals surface area contributed by atoms with Crippen LogP contribution < -0.4 is 4.74 Å². The third kappa shape index (κ3) is 3.35. The van der Waals surface area contributed by atoms with Gasteiger partial charge in [-0.05, 0) is 52.9 Å². The molecule has 0 radical (unpaired) electrons. The molecule has 2 rings (SSSR count). The maximum absolute atomic E-state index is 5.78. The fraction of sp³-hybridized carbons (Fsp3) is 0.0833. The Labute approximate surface area is 113 Å². The van der Waals surface area contributed by atoms with Crippen LogP contribution in [-0.4, -0.2) is 4.98 Å². The second-order valence-corrected chi connectivity index (χ2v) is 4.83. The van der Waals surface area contributed by atoms with Crippen LogP contribution in [0.3, 0.4) is 0 Å². The minimum Gasteiger partial charge on any atom is -0.487 e.